The lowest BCUT2D eigenvalue weighted by Gasteiger charge is -2.44. The number of nitrogens with zero attached hydrogens (tertiary/aromatic N) is 2. The van der Waals surface area contributed by atoms with E-state index in [1.54, 1.807) is 0 Å². The zero-order valence-electron chi connectivity index (χ0n) is 14.1. The average molecular weight is 448 g/mol. The molecule has 1 unspecified atom stereocenters. The minimum absolute atomic E-state index is 0. The van der Waals surface area contributed by atoms with Crippen LogP contribution in [0.5, 0.6) is 0 Å². The van der Waals surface area contributed by atoms with Crippen molar-refractivity contribution >= 4 is 7.83 Å². The first-order chi connectivity index (χ1) is 9.93. The molecule has 22 heavy (non-hydrogen) atoms. The van der Waals surface area contributed by atoms with Crippen LogP contribution in [0.3, 0.4) is 0 Å². The van der Waals surface area contributed by atoms with Crippen LogP contribution >= 0.6 is 7.83 Å². The summed E-state index contributed by atoms with van der Waals surface area (Å²) in [5.74, 6) is 0. The number of halogens is 2. The molecule has 1 aliphatic carbocycles. The minimum atomic E-state index is -4.16. The van der Waals surface area contributed by atoms with E-state index in [2.05, 4.69) is 7.05 Å². The highest BCUT2D eigenvalue weighted by molar-refractivity contribution is 7.50. The van der Waals surface area contributed by atoms with E-state index in [1.165, 1.54) is 23.9 Å². The summed E-state index contributed by atoms with van der Waals surface area (Å²) >= 11 is 0. The van der Waals surface area contributed by atoms with Gasteiger partial charge in [0.05, 0.1) is 20.1 Å². The predicted molar refractivity (Wildman–Crippen MR) is 83.9 cm³/mol. The van der Waals surface area contributed by atoms with E-state index < -0.39 is 7.83 Å². The second kappa shape index (κ2) is 8.75. The zero-order chi connectivity index (χ0) is 15.5. The van der Waals surface area contributed by atoms with Crippen molar-refractivity contribution in [1.29, 1.82) is 0 Å². The molecule has 2 fully saturated rings. The van der Waals surface area contributed by atoms with E-state index in [0.717, 1.165) is 36.8 Å². The lowest BCUT2D eigenvalue weighted by molar-refractivity contribution is -0.926. The van der Waals surface area contributed by atoms with E-state index in [9.17, 15) is 8.76 Å². The molecule has 0 radical (unpaired) electrons. The molecule has 0 N–H and O–H groups in total. The van der Waals surface area contributed by atoms with Crippen molar-refractivity contribution in [3.8, 4) is 0 Å². The zero-order valence-corrected chi connectivity index (χ0v) is 17.2. The summed E-state index contributed by atoms with van der Waals surface area (Å²) in [4.78, 5) is 0. The molecule has 0 amide bonds. The maximum atomic E-state index is 14.6. The van der Waals surface area contributed by atoms with Crippen molar-refractivity contribution in [1.82, 2.24) is 4.67 Å². The fraction of sp³-hybridized carbons (Fsp3) is 1.00. The maximum Gasteiger partial charge on any atom is 0.445 e. The summed E-state index contributed by atoms with van der Waals surface area (Å²) in [6.45, 7) is 6.79. The number of likely N-dealkylation sites (tertiary alicyclic amines) is 1. The van der Waals surface area contributed by atoms with E-state index in [0.29, 0.717) is 19.1 Å². The van der Waals surface area contributed by atoms with Gasteiger partial charge in [0.1, 0.15) is 12.1 Å². The molecule has 0 aromatic rings. The summed E-state index contributed by atoms with van der Waals surface area (Å²) in [5, 5.41) is 0. The Morgan fingerprint density at radius 2 is 1.68 bits per heavy atom. The molecule has 1 saturated carbocycles. The Morgan fingerprint density at radius 3 is 2.23 bits per heavy atom. The highest BCUT2D eigenvalue weighted by atomic mass is 127. The highest BCUT2D eigenvalue weighted by Gasteiger charge is 2.46. The predicted octanol–water partition coefficient (Wildman–Crippen LogP) is 0.978. The fourth-order valence-corrected chi connectivity index (χ4v) is 5.49. The molecule has 0 spiro atoms. The van der Waals surface area contributed by atoms with Gasteiger partial charge in [-0.3, -0.25) is 4.52 Å². The monoisotopic (exact) mass is 448 g/mol. The van der Waals surface area contributed by atoms with Crippen LogP contribution in [-0.2, 0) is 9.09 Å². The second-order valence-electron chi connectivity index (χ2n) is 6.72. The summed E-state index contributed by atoms with van der Waals surface area (Å²) in [6.07, 6.45) is 6.43. The molecular formula is C15H31FIN2O2P. The molecule has 1 saturated heterocycles. The van der Waals surface area contributed by atoms with Crippen LogP contribution in [-0.4, -0.2) is 54.5 Å². The maximum absolute atomic E-state index is 14.6. The first-order valence-electron chi connectivity index (χ1n) is 8.50. The molecule has 3 atom stereocenters. The van der Waals surface area contributed by atoms with Gasteiger partial charge in [0, 0.05) is 32.4 Å². The molecule has 1 heterocycles. The molecule has 7 heteroatoms. The van der Waals surface area contributed by atoms with E-state index in [4.69, 9.17) is 4.52 Å². The molecule has 2 rings (SSSR count). The van der Waals surface area contributed by atoms with Crippen molar-refractivity contribution in [2.24, 2.45) is 0 Å². The number of hydrogen-bond acceptors (Lipinski definition) is 2. The molecular weight excluding hydrogens is 417 g/mol. The first kappa shape index (κ1) is 20.8. The van der Waals surface area contributed by atoms with Gasteiger partial charge < -0.3 is 28.5 Å². The summed E-state index contributed by atoms with van der Waals surface area (Å²) in [6, 6.07) is 0.306. The van der Waals surface area contributed by atoms with Gasteiger partial charge >= 0.3 is 7.83 Å². The quantitative estimate of drug-likeness (QED) is 0.345. The van der Waals surface area contributed by atoms with Gasteiger partial charge in [-0.05, 0) is 12.8 Å². The van der Waals surface area contributed by atoms with Crippen molar-refractivity contribution in [3.63, 3.8) is 0 Å². The third kappa shape index (κ3) is 4.65. The normalized spacial score (nSPS) is 30.8. The third-order valence-corrected chi connectivity index (χ3v) is 7.16. The minimum Gasteiger partial charge on any atom is -1.00 e. The lowest BCUT2D eigenvalue weighted by Crippen LogP contribution is -3.00. The van der Waals surface area contributed by atoms with Gasteiger partial charge in [-0.15, -0.1) is 4.20 Å². The molecule has 0 aromatic carbocycles. The van der Waals surface area contributed by atoms with Crippen LogP contribution in [0.2, 0.25) is 0 Å². The SMILES string of the molecule is CCN(CC)P(=O)(F)O[C@H]1CCCC[C@@H]1[N+]1(C)CCCC1.[I-]. The Labute approximate surface area is 152 Å². The second-order valence-corrected chi connectivity index (χ2v) is 8.40. The largest absolute Gasteiger partial charge is 1.00 e. The number of hydrogen-bond donors (Lipinski definition) is 0. The average Bonchev–Trinajstić information content (AvgIpc) is 2.88. The Balaban J connectivity index is 0.00000242. The van der Waals surface area contributed by atoms with Crippen LogP contribution < -0.4 is 24.0 Å². The standard InChI is InChI=1S/C15H31FN2O2P.HI/c1-4-17(5-2)21(16,19)20-15-11-7-6-10-14(15)18(3)12-8-9-13-18;/h14-15H,4-13H2,1-3H3;1H/q+1;/p-1/t14-,15-,21?;/m0./s1. The smallest absolute Gasteiger partial charge is 0.445 e. The Hall–Kier alpha value is 0.770. The number of quaternary nitrogens is 1. The molecule has 0 aromatic heterocycles. The molecule has 4 nitrogen and oxygen atoms in total. The van der Waals surface area contributed by atoms with Crippen LogP contribution in [0.15, 0.2) is 0 Å². The van der Waals surface area contributed by atoms with Crippen LogP contribution in [0, 0.1) is 0 Å². The van der Waals surface area contributed by atoms with Crippen molar-refractivity contribution < 1.29 is 41.7 Å². The van der Waals surface area contributed by atoms with E-state index in [1.807, 2.05) is 13.8 Å². The number of rotatable bonds is 6. The van der Waals surface area contributed by atoms with Crippen LogP contribution in [0.1, 0.15) is 52.4 Å². The van der Waals surface area contributed by atoms with Gasteiger partial charge in [-0.2, -0.15) is 0 Å². The summed E-state index contributed by atoms with van der Waals surface area (Å²) < 4.78 is 34.8. The first-order valence-corrected chi connectivity index (χ1v) is 9.97. The van der Waals surface area contributed by atoms with Crippen LogP contribution in [0.4, 0.5) is 4.20 Å². The van der Waals surface area contributed by atoms with Gasteiger partial charge in [-0.1, -0.05) is 20.3 Å². The summed E-state index contributed by atoms with van der Waals surface area (Å²) in [7, 11) is -1.89. The van der Waals surface area contributed by atoms with Crippen LogP contribution in [0.25, 0.3) is 0 Å². The highest BCUT2D eigenvalue weighted by Crippen LogP contribution is 2.55. The van der Waals surface area contributed by atoms with E-state index in [-0.39, 0.29) is 30.1 Å². The van der Waals surface area contributed by atoms with Gasteiger partial charge in [0.15, 0.2) is 0 Å². The van der Waals surface area contributed by atoms with E-state index >= 15 is 0 Å². The van der Waals surface area contributed by atoms with Gasteiger partial charge in [-0.25, -0.2) is 9.24 Å². The molecule has 2 aliphatic rings. The fourth-order valence-electron chi connectivity index (χ4n) is 4.10. The van der Waals surface area contributed by atoms with Crippen molar-refractivity contribution in [2.75, 3.05) is 33.2 Å². The van der Waals surface area contributed by atoms with Crippen molar-refractivity contribution in [2.45, 2.75) is 64.5 Å². The third-order valence-electron chi connectivity index (χ3n) is 5.39. The molecule has 132 valence electrons. The van der Waals surface area contributed by atoms with Gasteiger partial charge in [0.25, 0.3) is 0 Å². The molecule has 0 bridgehead atoms. The topological polar surface area (TPSA) is 29.5 Å². The Morgan fingerprint density at radius 1 is 1.14 bits per heavy atom. The van der Waals surface area contributed by atoms with Gasteiger partial charge in [0.2, 0.25) is 0 Å². The Bertz CT molecular complexity index is 390. The number of likely N-dealkylation sites (N-methyl/N-ethyl adjacent to an activating group) is 1. The summed E-state index contributed by atoms with van der Waals surface area (Å²) in [5.41, 5.74) is 0. The lowest BCUT2D eigenvalue weighted by atomic mass is 9.90. The Kier molecular flexibility index (Phi) is 8.27. The molecule has 1 aliphatic heterocycles. The van der Waals surface area contributed by atoms with Crippen molar-refractivity contribution in [3.05, 3.63) is 0 Å².